The standard InChI is InChI=1S/C22H17N3O3/c1-28-15-8-6-14(7-9-15)25-21(26)18-17(12-23)24-11-10-13-4-2-3-5-16(13)20(24)19(18)22(25)27/h2-11,17-20H,1H3/t17-,18+,19+,20+/m0/s1. The first-order valence-corrected chi connectivity index (χ1v) is 9.12. The van der Waals surface area contributed by atoms with E-state index in [-0.39, 0.29) is 17.9 Å². The highest BCUT2D eigenvalue weighted by Crippen LogP contribution is 2.52. The van der Waals surface area contributed by atoms with Crippen LogP contribution in [0.25, 0.3) is 6.08 Å². The van der Waals surface area contributed by atoms with Crippen LogP contribution in [0.3, 0.4) is 0 Å². The van der Waals surface area contributed by atoms with E-state index < -0.39 is 17.9 Å². The van der Waals surface area contributed by atoms with Crippen LogP contribution in [-0.4, -0.2) is 29.9 Å². The number of carbonyl (C=O) groups excluding carboxylic acids is 2. The summed E-state index contributed by atoms with van der Waals surface area (Å²) < 4.78 is 5.16. The predicted molar refractivity (Wildman–Crippen MR) is 102 cm³/mol. The van der Waals surface area contributed by atoms with E-state index in [4.69, 9.17) is 4.74 Å². The van der Waals surface area contributed by atoms with Crippen molar-refractivity contribution in [3.63, 3.8) is 0 Å². The molecule has 0 N–H and O–H groups in total. The van der Waals surface area contributed by atoms with Crippen LogP contribution in [0, 0.1) is 23.2 Å². The molecule has 2 fully saturated rings. The van der Waals surface area contributed by atoms with Gasteiger partial charge in [0.1, 0.15) is 11.8 Å². The van der Waals surface area contributed by atoms with E-state index in [0.29, 0.717) is 11.4 Å². The summed E-state index contributed by atoms with van der Waals surface area (Å²) in [4.78, 5) is 29.7. The van der Waals surface area contributed by atoms with Gasteiger partial charge < -0.3 is 9.64 Å². The number of nitriles is 1. The van der Waals surface area contributed by atoms with Gasteiger partial charge in [-0.15, -0.1) is 0 Å². The number of hydrogen-bond donors (Lipinski definition) is 0. The van der Waals surface area contributed by atoms with Crippen LogP contribution < -0.4 is 9.64 Å². The van der Waals surface area contributed by atoms with Crippen LogP contribution in [0.15, 0.2) is 54.7 Å². The molecule has 0 spiro atoms. The Morgan fingerprint density at radius 1 is 1.00 bits per heavy atom. The second-order valence-corrected chi connectivity index (χ2v) is 7.17. The van der Waals surface area contributed by atoms with Gasteiger partial charge in [-0.3, -0.25) is 9.59 Å². The van der Waals surface area contributed by atoms with Gasteiger partial charge in [-0.25, -0.2) is 4.90 Å². The molecule has 4 atom stereocenters. The third kappa shape index (κ3) is 2.07. The van der Waals surface area contributed by atoms with E-state index in [9.17, 15) is 14.9 Å². The topological polar surface area (TPSA) is 73.6 Å². The third-order valence-electron chi connectivity index (χ3n) is 5.92. The summed E-state index contributed by atoms with van der Waals surface area (Å²) in [7, 11) is 1.56. The van der Waals surface area contributed by atoms with E-state index in [2.05, 4.69) is 6.07 Å². The molecule has 138 valence electrons. The van der Waals surface area contributed by atoms with Crippen molar-refractivity contribution in [1.82, 2.24) is 4.90 Å². The Bertz CT molecular complexity index is 1050. The number of amides is 2. The number of methoxy groups -OCH3 is 1. The first kappa shape index (κ1) is 16.6. The third-order valence-corrected chi connectivity index (χ3v) is 5.92. The lowest BCUT2D eigenvalue weighted by Crippen LogP contribution is -2.40. The molecule has 0 aliphatic carbocycles. The van der Waals surface area contributed by atoms with Gasteiger partial charge in [0.15, 0.2) is 0 Å². The molecule has 3 heterocycles. The van der Waals surface area contributed by atoms with Crippen molar-refractivity contribution in [3.8, 4) is 11.8 Å². The van der Waals surface area contributed by atoms with Crippen molar-refractivity contribution < 1.29 is 14.3 Å². The maximum Gasteiger partial charge on any atom is 0.240 e. The summed E-state index contributed by atoms with van der Waals surface area (Å²) in [6, 6.07) is 15.9. The number of fused-ring (bicyclic) bond motifs is 5. The number of nitrogens with zero attached hydrogens (tertiary/aromatic N) is 3. The molecule has 2 amide bonds. The Labute approximate surface area is 162 Å². The Balaban J connectivity index is 1.60. The first-order chi connectivity index (χ1) is 13.7. The molecule has 6 nitrogen and oxygen atoms in total. The van der Waals surface area contributed by atoms with Crippen molar-refractivity contribution in [2.75, 3.05) is 12.0 Å². The molecular formula is C22H17N3O3. The summed E-state index contributed by atoms with van der Waals surface area (Å²) in [6.07, 6.45) is 3.78. The van der Waals surface area contributed by atoms with Gasteiger partial charge in [0.25, 0.3) is 0 Å². The number of carbonyl (C=O) groups is 2. The van der Waals surface area contributed by atoms with Crippen molar-refractivity contribution in [2.24, 2.45) is 11.8 Å². The lowest BCUT2D eigenvalue weighted by molar-refractivity contribution is -0.123. The molecule has 0 aromatic heterocycles. The molecule has 3 aliphatic rings. The molecule has 0 unspecified atom stereocenters. The number of ether oxygens (including phenoxy) is 1. The molecule has 2 aromatic carbocycles. The van der Waals surface area contributed by atoms with Crippen LogP contribution in [0.2, 0.25) is 0 Å². The lowest BCUT2D eigenvalue weighted by Gasteiger charge is -2.33. The zero-order valence-electron chi connectivity index (χ0n) is 15.1. The zero-order valence-corrected chi connectivity index (χ0v) is 15.1. The monoisotopic (exact) mass is 371 g/mol. The van der Waals surface area contributed by atoms with Crippen LogP contribution in [-0.2, 0) is 9.59 Å². The van der Waals surface area contributed by atoms with Crippen LogP contribution >= 0.6 is 0 Å². The average molecular weight is 371 g/mol. The van der Waals surface area contributed by atoms with Crippen molar-refractivity contribution >= 4 is 23.6 Å². The largest absolute Gasteiger partial charge is 0.497 e. The van der Waals surface area contributed by atoms with Crippen LogP contribution in [0.4, 0.5) is 5.69 Å². The number of benzene rings is 2. The van der Waals surface area contributed by atoms with Gasteiger partial charge in [-0.2, -0.15) is 5.26 Å². The Hall–Kier alpha value is -3.59. The van der Waals surface area contributed by atoms with E-state index in [1.54, 1.807) is 31.4 Å². The van der Waals surface area contributed by atoms with Gasteiger partial charge >= 0.3 is 0 Å². The Morgan fingerprint density at radius 3 is 2.43 bits per heavy atom. The molecule has 0 saturated carbocycles. The molecule has 6 heteroatoms. The van der Waals surface area contributed by atoms with Gasteiger partial charge in [0.05, 0.1) is 36.7 Å². The highest BCUT2D eigenvalue weighted by Gasteiger charge is 2.63. The number of anilines is 1. The molecule has 0 bridgehead atoms. The molecule has 0 radical (unpaired) electrons. The second-order valence-electron chi connectivity index (χ2n) is 7.17. The van der Waals surface area contributed by atoms with Crippen LogP contribution in [0.1, 0.15) is 17.2 Å². The highest BCUT2D eigenvalue weighted by atomic mass is 16.5. The highest BCUT2D eigenvalue weighted by molar-refractivity contribution is 6.23. The number of hydrogen-bond acceptors (Lipinski definition) is 5. The fraction of sp³-hybridized carbons (Fsp3) is 0.227. The smallest absolute Gasteiger partial charge is 0.240 e. The molecule has 3 aliphatic heterocycles. The maximum atomic E-state index is 13.4. The quantitative estimate of drug-likeness (QED) is 0.759. The second kappa shape index (κ2) is 5.96. The van der Waals surface area contributed by atoms with E-state index >= 15 is 0 Å². The predicted octanol–water partition coefficient (Wildman–Crippen LogP) is 2.73. The minimum atomic E-state index is -0.680. The number of rotatable bonds is 2. The Morgan fingerprint density at radius 2 is 1.71 bits per heavy atom. The summed E-state index contributed by atoms with van der Waals surface area (Å²) in [5.74, 6) is -1.17. The van der Waals surface area contributed by atoms with Gasteiger partial charge in [-0.05, 0) is 41.5 Å². The van der Waals surface area contributed by atoms with Gasteiger partial charge in [0.2, 0.25) is 11.8 Å². The Kier molecular flexibility index (Phi) is 3.53. The molecule has 2 aromatic rings. The summed E-state index contributed by atoms with van der Waals surface area (Å²) in [5.41, 5.74) is 2.51. The maximum absolute atomic E-state index is 13.4. The van der Waals surface area contributed by atoms with E-state index in [1.165, 1.54) is 4.90 Å². The van der Waals surface area contributed by atoms with Crippen molar-refractivity contribution in [3.05, 3.63) is 65.9 Å². The van der Waals surface area contributed by atoms with E-state index in [1.807, 2.05) is 41.4 Å². The van der Waals surface area contributed by atoms with Gasteiger partial charge in [-0.1, -0.05) is 24.3 Å². The fourth-order valence-electron chi connectivity index (χ4n) is 4.69. The molecular weight excluding hydrogens is 354 g/mol. The van der Waals surface area contributed by atoms with Gasteiger partial charge in [0, 0.05) is 6.20 Å². The van der Waals surface area contributed by atoms with Crippen molar-refractivity contribution in [2.45, 2.75) is 12.1 Å². The average Bonchev–Trinajstić information content (AvgIpc) is 3.20. The minimum Gasteiger partial charge on any atom is -0.497 e. The fourth-order valence-corrected chi connectivity index (χ4v) is 4.69. The van der Waals surface area contributed by atoms with Crippen LogP contribution in [0.5, 0.6) is 5.75 Å². The lowest BCUT2D eigenvalue weighted by atomic mass is 9.85. The SMILES string of the molecule is COc1ccc(N2C(=O)[C@@H]3[C@H](C2=O)[C@H](C#N)N2C=Cc4ccccc4[C@H]32)cc1. The number of imide groups is 1. The summed E-state index contributed by atoms with van der Waals surface area (Å²) >= 11 is 0. The summed E-state index contributed by atoms with van der Waals surface area (Å²) in [5, 5.41) is 9.81. The molecule has 28 heavy (non-hydrogen) atoms. The zero-order chi connectivity index (χ0) is 19.4. The summed E-state index contributed by atoms with van der Waals surface area (Å²) in [6.45, 7) is 0. The van der Waals surface area contributed by atoms with Crippen molar-refractivity contribution in [1.29, 1.82) is 5.26 Å². The normalized spacial score (nSPS) is 27.3. The molecule has 5 rings (SSSR count). The van der Waals surface area contributed by atoms with E-state index in [0.717, 1.165) is 11.1 Å². The minimum absolute atomic E-state index is 0.252. The first-order valence-electron chi connectivity index (χ1n) is 9.12. The molecule has 2 saturated heterocycles.